The minimum Gasteiger partial charge on any atom is -0.338 e. The Bertz CT molecular complexity index is 536. The largest absolute Gasteiger partial charge is 0.338 e. The molecule has 19 heavy (non-hydrogen) atoms. The van der Waals surface area contributed by atoms with E-state index >= 15 is 0 Å². The summed E-state index contributed by atoms with van der Waals surface area (Å²) >= 11 is 0. The van der Waals surface area contributed by atoms with Gasteiger partial charge in [-0.1, -0.05) is 5.16 Å². The van der Waals surface area contributed by atoms with Crippen LogP contribution in [0, 0.1) is 0 Å². The molecule has 2 rings (SSSR count). The summed E-state index contributed by atoms with van der Waals surface area (Å²) in [7, 11) is -2.02. The molecule has 0 bridgehead atoms. The number of nitrogens with zero attached hydrogens (tertiary/aromatic N) is 3. The van der Waals surface area contributed by atoms with E-state index in [1.807, 2.05) is 13.8 Å². The second kappa shape index (κ2) is 5.18. The Labute approximate surface area is 113 Å². The molecule has 0 saturated heterocycles. The van der Waals surface area contributed by atoms with Crippen molar-refractivity contribution in [2.24, 2.45) is 0 Å². The SMILES string of the molecule is CC(C)N(C)S(=O)(=O)N[C@H](C)c1nc(C2CC2)no1. The van der Waals surface area contributed by atoms with Gasteiger partial charge in [0.2, 0.25) is 5.89 Å². The maximum absolute atomic E-state index is 12.0. The van der Waals surface area contributed by atoms with Crippen molar-refractivity contribution < 1.29 is 12.9 Å². The van der Waals surface area contributed by atoms with Crippen molar-refractivity contribution in [3.63, 3.8) is 0 Å². The third-order valence-electron chi connectivity index (χ3n) is 3.20. The molecule has 0 radical (unpaired) electrons. The van der Waals surface area contributed by atoms with E-state index < -0.39 is 16.3 Å². The first-order valence-electron chi connectivity index (χ1n) is 6.40. The minimum absolute atomic E-state index is 0.116. The molecule has 108 valence electrons. The first-order valence-corrected chi connectivity index (χ1v) is 7.84. The predicted molar refractivity (Wildman–Crippen MR) is 69.6 cm³/mol. The van der Waals surface area contributed by atoms with E-state index in [-0.39, 0.29) is 6.04 Å². The van der Waals surface area contributed by atoms with Gasteiger partial charge in [0.1, 0.15) is 0 Å². The molecule has 0 amide bonds. The molecule has 1 heterocycles. The number of nitrogens with one attached hydrogen (secondary N) is 1. The maximum Gasteiger partial charge on any atom is 0.280 e. The van der Waals surface area contributed by atoms with E-state index in [9.17, 15) is 8.42 Å². The van der Waals surface area contributed by atoms with E-state index in [2.05, 4.69) is 14.9 Å². The molecule has 0 spiro atoms. The van der Waals surface area contributed by atoms with Crippen molar-refractivity contribution in [3.05, 3.63) is 11.7 Å². The fourth-order valence-electron chi connectivity index (χ4n) is 1.56. The maximum atomic E-state index is 12.0. The lowest BCUT2D eigenvalue weighted by Crippen LogP contribution is -2.42. The summed E-state index contributed by atoms with van der Waals surface area (Å²) in [5.41, 5.74) is 0. The molecule has 8 heteroatoms. The molecule has 1 saturated carbocycles. The van der Waals surface area contributed by atoms with Crippen LogP contribution < -0.4 is 4.72 Å². The average molecular weight is 288 g/mol. The normalized spacial score (nSPS) is 18.2. The van der Waals surface area contributed by atoms with Crippen LogP contribution in [0.1, 0.15) is 57.3 Å². The zero-order valence-corrected chi connectivity index (χ0v) is 12.4. The van der Waals surface area contributed by atoms with Crippen LogP contribution in [0.4, 0.5) is 0 Å². The summed E-state index contributed by atoms with van der Waals surface area (Å²) < 4.78 is 33.0. The third-order valence-corrected chi connectivity index (χ3v) is 5.03. The van der Waals surface area contributed by atoms with E-state index in [0.29, 0.717) is 17.6 Å². The highest BCUT2D eigenvalue weighted by Gasteiger charge is 2.31. The molecule has 7 nitrogen and oxygen atoms in total. The van der Waals surface area contributed by atoms with Gasteiger partial charge in [-0.2, -0.15) is 22.4 Å². The van der Waals surface area contributed by atoms with Crippen LogP contribution in [0.2, 0.25) is 0 Å². The molecule has 0 aliphatic heterocycles. The highest BCUT2D eigenvalue weighted by molar-refractivity contribution is 7.87. The molecule has 0 aromatic carbocycles. The zero-order valence-electron chi connectivity index (χ0n) is 11.6. The van der Waals surface area contributed by atoms with Crippen LogP contribution in [0.3, 0.4) is 0 Å². The van der Waals surface area contributed by atoms with E-state index in [1.54, 1.807) is 6.92 Å². The molecule has 1 aliphatic carbocycles. The van der Waals surface area contributed by atoms with Gasteiger partial charge in [-0.15, -0.1) is 0 Å². The summed E-state index contributed by atoms with van der Waals surface area (Å²) in [6, 6.07) is -0.652. The molecule has 0 unspecified atom stereocenters. The van der Waals surface area contributed by atoms with Crippen LogP contribution >= 0.6 is 0 Å². The minimum atomic E-state index is -3.55. The Morgan fingerprint density at radius 3 is 2.53 bits per heavy atom. The first-order chi connectivity index (χ1) is 8.81. The Hall–Kier alpha value is -0.990. The van der Waals surface area contributed by atoms with Gasteiger partial charge < -0.3 is 4.52 Å². The van der Waals surface area contributed by atoms with Crippen LogP contribution in [-0.2, 0) is 10.2 Å². The van der Waals surface area contributed by atoms with Gasteiger partial charge in [-0.05, 0) is 33.6 Å². The summed E-state index contributed by atoms with van der Waals surface area (Å²) in [4.78, 5) is 4.24. The Balaban J connectivity index is 2.05. The second-order valence-electron chi connectivity index (χ2n) is 5.22. The Morgan fingerprint density at radius 2 is 2.00 bits per heavy atom. The van der Waals surface area contributed by atoms with Gasteiger partial charge in [0.25, 0.3) is 10.2 Å². The van der Waals surface area contributed by atoms with Crippen LogP contribution in [0.25, 0.3) is 0 Å². The summed E-state index contributed by atoms with van der Waals surface area (Å²) in [6.07, 6.45) is 2.16. The number of aromatic nitrogens is 2. The van der Waals surface area contributed by atoms with Crippen LogP contribution in [0.15, 0.2) is 4.52 Å². The predicted octanol–water partition coefficient (Wildman–Crippen LogP) is 1.18. The zero-order chi connectivity index (χ0) is 14.2. The summed E-state index contributed by atoms with van der Waals surface area (Å²) in [5, 5.41) is 3.87. The summed E-state index contributed by atoms with van der Waals surface area (Å²) in [6.45, 7) is 5.31. The smallest absolute Gasteiger partial charge is 0.280 e. The summed E-state index contributed by atoms with van der Waals surface area (Å²) in [5.74, 6) is 1.38. The monoisotopic (exact) mass is 288 g/mol. The molecule has 1 atom stereocenters. The number of hydrogen-bond acceptors (Lipinski definition) is 5. The molecule has 1 fully saturated rings. The first kappa shape index (κ1) is 14.4. The van der Waals surface area contributed by atoms with Crippen molar-refractivity contribution in [2.45, 2.75) is 51.6 Å². The van der Waals surface area contributed by atoms with Gasteiger partial charge in [-0.25, -0.2) is 0 Å². The quantitative estimate of drug-likeness (QED) is 0.849. The van der Waals surface area contributed by atoms with E-state index in [1.165, 1.54) is 11.4 Å². The highest BCUT2D eigenvalue weighted by Crippen LogP contribution is 2.38. The fraction of sp³-hybridized carbons (Fsp3) is 0.818. The lowest BCUT2D eigenvalue weighted by molar-refractivity contribution is 0.342. The molecule has 1 N–H and O–H groups in total. The van der Waals surface area contributed by atoms with Crippen LogP contribution in [0.5, 0.6) is 0 Å². The molecule has 1 aromatic heterocycles. The van der Waals surface area contributed by atoms with Gasteiger partial charge in [-0.3, -0.25) is 0 Å². The molecule has 1 aromatic rings. The second-order valence-corrected chi connectivity index (χ2v) is 6.98. The lowest BCUT2D eigenvalue weighted by atomic mass is 10.3. The van der Waals surface area contributed by atoms with Crippen molar-refractivity contribution >= 4 is 10.2 Å². The van der Waals surface area contributed by atoms with Crippen molar-refractivity contribution in [1.82, 2.24) is 19.2 Å². The fourth-order valence-corrected chi connectivity index (χ4v) is 2.83. The topological polar surface area (TPSA) is 88.3 Å². The molecular weight excluding hydrogens is 268 g/mol. The van der Waals surface area contributed by atoms with Crippen LogP contribution in [-0.4, -0.2) is 36.0 Å². The average Bonchev–Trinajstić information content (AvgIpc) is 3.05. The van der Waals surface area contributed by atoms with Gasteiger partial charge in [0.15, 0.2) is 5.82 Å². The van der Waals surface area contributed by atoms with Crippen molar-refractivity contribution in [1.29, 1.82) is 0 Å². The molecular formula is C11H20N4O3S. The highest BCUT2D eigenvalue weighted by atomic mass is 32.2. The van der Waals surface area contributed by atoms with Crippen molar-refractivity contribution in [2.75, 3.05) is 7.05 Å². The van der Waals surface area contributed by atoms with E-state index in [4.69, 9.17) is 4.52 Å². The number of rotatable bonds is 6. The Kier molecular flexibility index (Phi) is 3.93. The lowest BCUT2D eigenvalue weighted by Gasteiger charge is -2.22. The van der Waals surface area contributed by atoms with E-state index in [0.717, 1.165) is 12.8 Å². The van der Waals surface area contributed by atoms with Gasteiger partial charge in [0.05, 0.1) is 6.04 Å². The third kappa shape index (κ3) is 3.31. The van der Waals surface area contributed by atoms with Crippen molar-refractivity contribution in [3.8, 4) is 0 Å². The standard InChI is InChI=1S/C11H20N4O3S/c1-7(2)15(4)19(16,17)14-8(3)11-12-10(13-18-11)9-5-6-9/h7-9,14H,5-6H2,1-4H3/t8-/m1/s1. The number of hydrogen-bond donors (Lipinski definition) is 1. The van der Waals surface area contributed by atoms with Gasteiger partial charge in [0, 0.05) is 19.0 Å². The van der Waals surface area contributed by atoms with Gasteiger partial charge >= 0.3 is 0 Å². The Morgan fingerprint density at radius 1 is 1.37 bits per heavy atom. The molecule has 1 aliphatic rings.